The molecule has 0 spiro atoms. The molecule has 1 aliphatic heterocycles. The number of rotatable bonds is 3. The summed E-state index contributed by atoms with van der Waals surface area (Å²) in [6.07, 6.45) is 5.98. The van der Waals surface area contributed by atoms with Crippen LogP contribution >= 0.6 is 0 Å². The second-order valence-corrected chi connectivity index (χ2v) is 5.99. The van der Waals surface area contributed by atoms with Crippen molar-refractivity contribution in [3.8, 4) is 0 Å². The molecule has 2 rings (SSSR count). The van der Waals surface area contributed by atoms with Gasteiger partial charge in [-0.25, -0.2) is 8.42 Å². The summed E-state index contributed by atoms with van der Waals surface area (Å²) in [5.74, 6) is 0. The molecule has 0 aliphatic carbocycles. The maximum absolute atomic E-state index is 12.4. The lowest BCUT2D eigenvalue weighted by Gasteiger charge is -2.26. The number of pyridine rings is 1. The molecule has 6 heteroatoms. The Bertz CT molecular complexity index is 481. The number of sulfonamides is 1. The van der Waals surface area contributed by atoms with Crippen molar-refractivity contribution in [3.05, 3.63) is 18.5 Å². The van der Waals surface area contributed by atoms with E-state index in [2.05, 4.69) is 10.3 Å². The highest BCUT2D eigenvalue weighted by Crippen LogP contribution is 2.25. The lowest BCUT2D eigenvalue weighted by molar-refractivity contribution is 0.346. The Kier molecular flexibility index (Phi) is 3.63. The first-order chi connectivity index (χ1) is 8.16. The maximum Gasteiger partial charge on any atom is 0.246 e. The minimum Gasteiger partial charge on any atom is -0.387 e. The maximum atomic E-state index is 12.4. The summed E-state index contributed by atoms with van der Waals surface area (Å²) in [5, 5.41) is 2.89. The average molecular weight is 255 g/mol. The van der Waals surface area contributed by atoms with Gasteiger partial charge in [-0.15, -0.1) is 0 Å². The number of anilines is 1. The van der Waals surface area contributed by atoms with Gasteiger partial charge in [0.05, 0.1) is 5.69 Å². The van der Waals surface area contributed by atoms with Crippen LogP contribution < -0.4 is 5.32 Å². The van der Waals surface area contributed by atoms with Crippen molar-refractivity contribution in [2.24, 2.45) is 0 Å². The summed E-state index contributed by atoms with van der Waals surface area (Å²) in [4.78, 5) is 4.18. The Balaban J connectivity index is 2.36. The van der Waals surface area contributed by atoms with Crippen molar-refractivity contribution < 1.29 is 8.42 Å². The van der Waals surface area contributed by atoms with E-state index in [-0.39, 0.29) is 4.90 Å². The van der Waals surface area contributed by atoms with Gasteiger partial charge in [-0.3, -0.25) is 4.98 Å². The smallest absolute Gasteiger partial charge is 0.246 e. The van der Waals surface area contributed by atoms with E-state index in [0.29, 0.717) is 18.8 Å². The second-order valence-electron chi connectivity index (χ2n) is 4.09. The number of hydrogen-bond donors (Lipinski definition) is 1. The number of hydrogen-bond acceptors (Lipinski definition) is 4. The van der Waals surface area contributed by atoms with Gasteiger partial charge in [-0.2, -0.15) is 4.31 Å². The molecule has 0 amide bonds. The molecule has 0 bridgehead atoms. The number of piperidine rings is 1. The molecule has 0 saturated carbocycles. The third kappa shape index (κ3) is 2.42. The minimum atomic E-state index is -3.40. The third-order valence-electron chi connectivity index (χ3n) is 2.99. The van der Waals surface area contributed by atoms with Crippen LogP contribution in [0.4, 0.5) is 5.69 Å². The van der Waals surface area contributed by atoms with Gasteiger partial charge in [-0.05, 0) is 18.9 Å². The molecule has 1 aromatic rings. The summed E-state index contributed by atoms with van der Waals surface area (Å²) in [6.45, 7) is 1.22. The number of nitrogens with one attached hydrogen (secondary N) is 1. The van der Waals surface area contributed by atoms with Crippen molar-refractivity contribution in [2.45, 2.75) is 24.2 Å². The van der Waals surface area contributed by atoms with Crippen LogP contribution in [0, 0.1) is 0 Å². The predicted octanol–water partition coefficient (Wildman–Crippen LogP) is 1.30. The van der Waals surface area contributed by atoms with Gasteiger partial charge in [0.25, 0.3) is 0 Å². The number of nitrogens with zero attached hydrogens (tertiary/aromatic N) is 2. The molecule has 17 heavy (non-hydrogen) atoms. The lowest BCUT2D eigenvalue weighted by Crippen LogP contribution is -2.35. The normalized spacial score (nSPS) is 17.9. The highest BCUT2D eigenvalue weighted by atomic mass is 32.2. The van der Waals surface area contributed by atoms with Crippen LogP contribution in [0.15, 0.2) is 23.4 Å². The van der Waals surface area contributed by atoms with E-state index in [1.54, 1.807) is 23.6 Å². The van der Waals surface area contributed by atoms with E-state index in [9.17, 15) is 8.42 Å². The molecule has 1 aromatic heterocycles. The van der Waals surface area contributed by atoms with Crippen molar-refractivity contribution in [1.29, 1.82) is 0 Å². The Morgan fingerprint density at radius 1 is 1.29 bits per heavy atom. The van der Waals surface area contributed by atoms with E-state index >= 15 is 0 Å². The fourth-order valence-electron chi connectivity index (χ4n) is 2.04. The second kappa shape index (κ2) is 5.01. The van der Waals surface area contributed by atoms with E-state index in [0.717, 1.165) is 19.3 Å². The zero-order valence-corrected chi connectivity index (χ0v) is 10.7. The summed E-state index contributed by atoms with van der Waals surface area (Å²) in [5.41, 5.74) is 0.602. The lowest BCUT2D eigenvalue weighted by atomic mass is 10.2. The van der Waals surface area contributed by atoms with Crippen LogP contribution in [0.25, 0.3) is 0 Å². The van der Waals surface area contributed by atoms with Gasteiger partial charge < -0.3 is 5.32 Å². The third-order valence-corrected chi connectivity index (χ3v) is 4.91. The Hall–Kier alpha value is -1.14. The highest BCUT2D eigenvalue weighted by Gasteiger charge is 2.28. The summed E-state index contributed by atoms with van der Waals surface area (Å²) < 4.78 is 26.4. The minimum absolute atomic E-state index is 0.268. The highest BCUT2D eigenvalue weighted by molar-refractivity contribution is 7.89. The van der Waals surface area contributed by atoms with Crippen molar-refractivity contribution in [1.82, 2.24) is 9.29 Å². The largest absolute Gasteiger partial charge is 0.387 e. The predicted molar refractivity (Wildman–Crippen MR) is 66.4 cm³/mol. The Morgan fingerprint density at radius 2 is 2.00 bits per heavy atom. The molecule has 0 radical (unpaired) electrons. The summed E-state index contributed by atoms with van der Waals surface area (Å²) >= 11 is 0. The summed E-state index contributed by atoms with van der Waals surface area (Å²) in [7, 11) is -1.68. The van der Waals surface area contributed by atoms with Gasteiger partial charge in [0.1, 0.15) is 4.90 Å². The van der Waals surface area contributed by atoms with Gasteiger partial charge in [0, 0.05) is 32.5 Å². The van der Waals surface area contributed by atoms with E-state index in [4.69, 9.17) is 0 Å². The van der Waals surface area contributed by atoms with Gasteiger partial charge in [0.2, 0.25) is 10.0 Å². The van der Waals surface area contributed by atoms with Crippen LogP contribution in [0.3, 0.4) is 0 Å². The van der Waals surface area contributed by atoms with Gasteiger partial charge in [0.15, 0.2) is 0 Å². The molecule has 1 N–H and O–H groups in total. The van der Waals surface area contributed by atoms with Crippen LogP contribution in [0.2, 0.25) is 0 Å². The SMILES string of the molecule is CNc1ccncc1S(=O)(=O)N1CCCCC1. The summed E-state index contributed by atoms with van der Waals surface area (Å²) in [6, 6.07) is 1.68. The first-order valence-corrected chi connectivity index (χ1v) is 7.22. The molecule has 1 aliphatic rings. The topological polar surface area (TPSA) is 62.3 Å². The van der Waals surface area contributed by atoms with Crippen LogP contribution in [-0.4, -0.2) is 37.8 Å². The number of aromatic nitrogens is 1. The molecule has 2 heterocycles. The van der Waals surface area contributed by atoms with E-state index in [1.807, 2.05) is 0 Å². The fourth-order valence-corrected chi connectivity index (χ4v) is 3.70. The molecule has 0 aromatic carbocycles. The van der Waals surface area contributed by atoms with Crippen LogP contribution in [0.5, 0.6) is 0 Å². The molecular formula is C11H17N3O2S. The van der Waals surface area contributed by atoms with Crippen molar-refractivity contribution in [3.63, 3.8) is 0 Å². The van der Waals surface area contributed by atoms with Gasteiger partial charge in [-0.1, -0.05) is 6.42 Å². The first-order valence-electron chi connectivity index (χ1n) is 5.78. The first kappa shape index (κ1) is 12.3. The van der Waals surface area contributed by atoms with E-state index in [1.165, 1.54) is 6.20 Å². The van der Waals surface area contributed by atoms with Gasteiger partial charge >= 0.3 is 0 Å². The molecule has 94 valence electrons. The molecule has 1 saturated heterocycles. The van der Waals surface area contributed by atoms with Crippen LogP contribution in [0.1, 0.15) is 19.3 Å². The monoisotopic (exact) mass is 255 g/mol. The average Bonchev–Trinajstić information content (AvgIpc) is 2.39. The molecule has 0 unspecified atom stereocenters. The fraction of sp³-hybridized carbons (Fsp3) is 0.545. The Labute approximate surface area is 102 Å². The zero-order chi connectivity index (χ0) is 12.3. The zero-order valence-electron chi connectivity index (χ0n) is 9.89. The molecule has 5 nitrogen and oxygen atoms in total. The standard InChI is InChI=1S/C11H17N3O2S/c1-12-10-5-6-13-9-11(10)17(15,16)14-7-3-2-4-8-14/h5-6,9H,2-4,7-8H2,1H3,(H,12,13). The quantitative estimate of drug-likeness (QED) is 0.884. The molecule has 0 atom stereocenters. The molecular weight excluding hydrogens is 238 g/mol. The van der Waals surface area contributed by atoms with E-state index < -0.39 is 10.0 Å². The van der Waals surface area contributed by atoms with Crippen molar-refractivity contribution in [2.75, 3.05) is 25.5 Å². The van der Waals surface area contributed by atoms with Crippen LogP contribution in [-0.2, 0) is 10.0 Å². The van der Waals surface area contributed by atoms with Crippen molar-refractivity contribution >= 4 is 15.7 Å². The Morgan fingerprint density at radius 3 is 2.65 bits per heavy atom. The molecule has 1 fully saturated rings.